The van der Waals surface area contributed by atoms with Gasteiger partial charge in [-0.3, -0.25) is 4.79 Å². The van der Waals surface area contributed by atoms with E-state index < -0.39 is 6.10 Å². The highest BCUT2D eigenvalue weighted by molar-refractivity contribution is 5.69. The molecule has 63 heavy (non-hydrogen) atoms. The Morgan fingerprint density at radius 3 is 0.905 bits per heavy atom. The molecule has 0 saturated carbocycles. The van der Waals surface area contributed by atoms with Crippen LogP contribution in [-0.2, 0) is 14.3 Å². The molecule has 1 atom stereocenters. The first kappa shape index (κ1) is 61.9. The zero-order valence-corrected chi connectivity index (χ0v) is 43.1. The van der Waals surface area contributed by atoms with Gasteiger partial charge in [-0.15, -0.1) is 0 Å². The molecule has 1 N–H and O–H groups in total. The van der Waals surface area contributed by atoms with Crippen molar-refractivity contribution in [3.05, 3.63) is 24.3 Å². The molecule has 0 aromatic rings. The highest BCUT2D eigenvalue weighted by Gasteiger charge is 2.13. The van der Waals surface area contributed by atoms with Crippen LogP contribution in [0.1, 0.15) is 322 Å². The van der Waals surface area contributed by atoms with Gasteiger partial charge in [0.15, 0.2) is 0 Å². The van der Waals surface area contributed by atoms with Crippen LogP contribution < -0.4 is 0 Å². The average molecular weight is 888 g/mol. The second-order valence-corrected chi connectivity index (χ2v) is 19.7. The maximum Gasteiger partial charge on any atom is 0.306 e. The molecule has 0 radical (unpaired) electrons. The number of allylic oxidation sites excluding steroid dienone is 4. The molecule has 0 aromatic carbocycles. The highest BCUT2D eigenvalue weighted by Crippen LogP contribution is 2.17. The molecule has 1 unspecified atom stereocenters. The third kappa shape index (κ3) is 55.1. The Kier molecular flexibility index (Phi) is 56.0. The van der Waals surface area contributed by atoms with Crippen molar-refractivity contribution in [2.45, 2.75) is 328 Å². The Labute approximate surface area is 396 Å². The number of hydrogen-bond donors (Lipinski definition) is 1. The Balaban J connectivity index is 3.34. The summed E-state index contributed by atoms with van der Waals surface area (Å²) in [6.45, 7) is 5.40. The summed E-state index contributed by atoms with van der Waals surface area (Å²) in [5.41, 5.74) is 0. The molecule has 374 valence electrons. The normalized spacial score (nSPS) is 12.4. The summed E-state index contributed by atoms with van der Waals surface area (Å²) in [5.74, 6) is -0.193. The molecule has 0 aliphatic rings. The van der Waals surface area contributed by atoms with Crippen molar-refractivity contribution in [3.8, 4) is 0 Å². The van der Waals surface area contributed by atoms with Gasteiger partial charge in [0.1, 0.15) is 6.10 Å². The lowest BCUT2D eigenvalue weighted by atomic mass is 10.0. The molecular formula is C59H114O4. The Morgan fingerprint density at radius 2 is 0.619 bits per heavy atom. The van der Waals surface area contributed by atoms with Gasteiger partial charge in [-0.25, -0.2) is 0 Å². The van der Waals surface area contributed by atoms with Crippen LogP contribution in [0.15, 0.2) is 24.3 Å². The van der Waals surface area contributed by atoms with Crippen molar-refractivity contribution in [1.82, 2.24) is 0 Å². The Bertz CT molecular complexity index is 898. The van der Waals surface area contributed by atoms with Gasteiger partial charge in [-0.1, -0.05) is 276 Å². The summed E-state index contributed by atoms with van der Waals surface area (Å²) >= 11 is 0. The van der Waals surface area contributed by atoms with E-state index in [1.54, 1.807) is 0 Å². The fourth-order valence-electron chi connectivity index (χ4n) is 8.91. The van der Waals surface area contributed by atoms with Gasteiger partial charge in [0, 0.05) is 13.0 Å². The van der Waals surface area contributed by atoms with E-state index in [2.05, 4.69) is 38.2 Å². The smallest absolute Gasteiger partial charge is 0.306 e. The second kappa shape index (κ2) is 57.0. The summed E-state index contributed by atoms with van der Waals surface area (Å²) in [7, 11) is 0. The van der Waals surface area contributed by atoms with Gasteiger partial charge in [0.05, 0.1) is 13.2 Å². The van der Waals surface area contributed by atoms with Crippen LogP contribution in [0.25, 0.3) is 0 Å². The fraction of sp³-hybridized carbons (Fsp3) is 0.915. The summed E-state index contributed by atoms with van der Waals surface area (Å²) in [5, 5.41) is 9.68. The highest BCUT2D eigenvalue weighted by atomic mass is 16.6. The predicted octanol–water partition coefficient (Wildman–Crippen LogP) is 19.8. The fourth-order valence-corrected chi connectivity index (χ4v) is 8.91. The van der Waals surface area contributed by atoms with Gasteiger partial charge in [0.2, 0.25) is 0 Å². The van der Waals surface area contributed by atoms with Crippen LogP contribution in [0.3, 0.4) is 0 Å². The molecule has 0 spiro atoms. The van der Waals surface area contributed by atoms with Crippen LogP contribution in [0.2, 0.25) is 0 Å². The lowest BCUT2D eigenvalue weighted by Gasteiger charge is -2.16. The average Bonchev–Trinajstić information content (AvgIpc) is 3.29. The molecule has 0 fully saturated rings. The first-order chi connectivity index (χ1) is 31.2. The maximum atomic E-state index is 12.3. The number of aliphatic hydroxyl groups excluding tert-OH is 1. The second-order valence-electron chi connectivity index (χ2n) is 19.7. The molecule has 0 aromatic heterocycles. The van der Waals surface area contributed by atoms with Crippen molar-refractivity contribution in [2.75, 3.05) is 19.8 Å². The quantitative estimate of drug-likeness (QED) is 0.0376. The number of rotatable bonds is 55. The first-order valence-electron chi connectivity index (χ1n) is 28.9. The summed E-state index contributed by atoms with van der Waals surface area (Å²) in [6.07, 6.45) is 73.0. The van der Waals surface area contributed by atoms with Crippen molar-refractivity contribution in [1.29, 1.82) is 0 Å². The van der Waals surface area contributed by atoms with E-state index in [1.165, 1.54) is 283 Å². The lowest BCUT2D eigenvalue weighted by molar-refractivity contribution is -0.154. The molecular weight excluding hydrogens is 773 g/mol. The van der Waals surface area contributed by atoms with Gasteiger partial charge >= 0.3 is 5.97 Å². The zero-order chi connectivity index (χ0) is 45.5. The topological polar surface area (TPSA) is 55.8 Å². The van der Waals surface area contributed by atoms with Crippen LogP contribution >= 0.6 is 0 Å². The summed E-state index contributed by atoms with van der Waals surface area (Å²) in [4.78, 5) is 12.3. The van der Waals surface area contributed by atoms with E-state index in [0.29, 0.717) is 19.6 Å². The SMILES string of the molecule is CCCCCCCCCC/C=C\CCCCCCCCCCCCCCCCOCC(CO)OC(=O)CCCCCCCCCCCCCCC/C=C\CCCCCCCCCC. The number of esters is 1. The molecule has 0 heterocycles. The molecule has 0 bridgehead atoms. The van der Waals surface area contributed by atoms with E-state index in [1.807, 2.05) is 0 Å². The van der Waals surface area contributed by atoms with Crippen molar-refractivity contribution >= 4 is 5.97 Å². The van der Waals surface area contributed by atoms with Crippen LogP contribution in [0.5, 0.6) is 0 Å². The molecule has 0 aliphatic carbocycles. The van der Waals surface area contributed by atoms with Crippen LogP contribution in [0.4, 0.5) is 0 Å². The first-order valence-corrected chi connectivity index (χ1v) is 28.9. The Morgan fingerprint density at radius 1 is 0.365 bits per heavy atom. The number of hydrogen-bond acceptors (Lipinski definition) is 4. The molecule has 0 saturated heterocycles. The van der Waals surface area contributed by atoms with Crippen LogP contribution in [0, 0.1) is 0 Å². The van der Waals surface area contributed by atoms with Crippen molar-refractivity contribution < 1.29 is 19.4 Å². The molecule has 0 rings (SSSR count). The monoisotopic (exact) mass is 887 g/mol. The maximum absolute atomic E-state index is 12.3. The third-order valence-corrected chi connectivity index (χ3v) is 13.2. The minimum Gasteiger partial charge on any atom is -0.457 e. The molecule has 4 heteroatoms. The van der Waals surface area contributed by atoms with Gasteiger partial charge in [0.25, 0.3) is 0 Å². The molecule has 4 nitrogen and oxygen atoms in total. The standard InChI is InChI=1S/C59H114O4/c1-3-5-7-9-11-13-15-17-19-21-23-25-27-29-31-33-35-37-39-41-43-45-47-49-51-53-55-62-57-58(56-60)63-59(61)54-52-50-48-46-44-42-40-38-36-34-32-30-28-26-24-22-20-18-16-14-12-10-8-6-4-2/h21-24,58,60H,3-20,25-57H2,1-2H3/b23-21-,24-22-. The Hall–Kier alpha value is -1.13. The van der Waals surface area contributed by atoms with E-state index in [-0.39, 0.29) is 12.6 Å². The number of carbonyl (C=O) groups is 1. The third-order valence-electron chi connectivity index (χ3n) is 13.2. The summed E-state index contributed by atoms with van der Waals surface area (Å²) < 4.78 is 11.3. The number of aliphatic hydroxyl groups is 1. The minimum atomic E-state index is -0.532. The van der Waals surface area contributed by atoms with E-state index in [0.717, 1.165) is 19.3 Å². The van der Waals surface area contributed by atoms with E-state index in [9.17, 15) is 9.90 Å². The lowest BCUT2D eigenvalue weighted by Crippen LogP contribution is -2.27. The zero-order valence-electron chi connectivity index (χ0n) is 43.1. The van der Waals surface area contributed by atoms with Gasteiger partial charge in [-0.05, 0) is 64.2 Å². The number of unbranched alkanes of at least 4 members (excludes halogenated alkanes) is 43. The number of carbonyl (C=O) groups excluding carboxylic acids is 1. The van der Waals surface area contributed by atoms with Crippen LogP contribution in [-0.4, -0.2) is 37.0 Å². The van der Waals surface area contributed by atoms with E-state index in [4.69, 9.17) is 9.47 Å². The van der Waals surface area contributed by atoms with Crippen molar-refractivity contribution in [2.24, 2.45) is 0 Å². The van der Waals surface area contributed by atoms with Gasteiger partial charge < -0.3 is 14.6 Å². The molecule has 0 amide bonds. The minimum absolute atomic E-state index is 0.167. The number of ether oxygens (including phenoxy) is 2. The van der Waals surface area contributed by atoms with Gasteiger partial charge in [-0.2, -0.15) is 0 Å². The molecule has 0 aliphatic heterocycles. The summed E-state index contributed by atoms with van der Waals surface area (Å²) in [6, 6.07) is 0. The predicted molar refractivity (Wildman–Crippen MR) is 279 cm³/mol. The largest absolute Gasteiger partial charge is 0.457 e. The van der Waals surface area contributed by atoms with Crippen molar-refractivity contribution in [3.63, 3.8) is 0 Å². The van der Waals surface area contributed by atoms with E-state index >= 15 is 0 Å².